The lowest BCUT2D eigenvalue weighted by molar-refractivity contribution is -0.115. The van der Waals surface area contributed by atoms with Crippen molar-refractivity contribution >= 4 is 17.5 Å². The van der Waals surface area contributed by atoms with Crippen LogP contribution in [0.2, 0.25) is 0 Å². The molecule has 0 bridgehead atoms. The Morgan fingerprint density at radius 2 is 1.81 bits per heavy atom. The highest BCUT2D eigenvalue weighted by molar-refractivity contribution is 5.97. The Labute approximate surface area is 163 Å². The molecule has 0 heterocycles. The highest BCUT2D eigenvalue weighted by Crippen LogP contribution is 2.18. The Morgan fingerprint density at radius 1 is 1.04 bits per heavy atom. The van der Waals surface area contributed by atoms with Gasteiger partial charge in [0.1, 0.15) is 0 Å². The maximum absolute atomic E-state index is 12.4. The molecule has 0 aromatic heterocycles. The van der Waals surface area contributed by atoms with Crippen LogP contribution in [0.4, 0.5) is 5.69 Å². The molecule has 27 heavy (non-hydrogen) atoms. The van der Waals surface area contributed by atoms with Crippen molar-refractivity contribution in [3.63, 3.8) is 0 Å². The summed E-state index contributed by atoms with van der Waals surface area (Å²) in [5.41, 5.74) is 1.27. The molecule has 2 rings (SSSR count). The zero-order valence-electron chi connectivity index (χ0n) is 16.7. The maximum atomic E-state index is 12.4. The summed E-state index contributed by atoms with van der Waals surface area (Å²) in [4.78, 5) is 24.5. The van der Waals surface area contributed by atoms with Gasteiger partial charge in [0.05, 0.1) is 6.54 Å². The van der Waals surface area contributed by atoms with E-state index in [0.29, 0.717) is 17.8 Å². The van der Waals surface area contributed by atoms with Crippen LogP contribution >= 0.6 is 0 Å². The van der Waals surface area contributed by atoms with Crippen LogP contribution in [0, 0.1) is 0 Å². The highest BCUT2D eigenvalue weighted by atomic mass is 16.2. The fraction of sp³-hybridized carbons (Fsp3) is 0.636. The molecule has 0 unspecified atom stereocenters. The molecule has 2 amide bonds. The molecule has 1 aromatic rings. The number of unbranched alkanes of at least 4 members (excludes halogenated alkanes) is 4. The minimum atomic E-state index is -0.0756. The second-order valence-corrected chi connectivity index (χ2v) is 7.53. The summed E-state index contributed by atoms with van der Waals surface area (Å²) >= 11 is 0. The van der Waals surface area contributed by atoms with Crippen molar-refractivity contribution in [2.24, 2.45) is 0 Å². The molecule has 0 aliphatic heterocycles. The van der Waals surface area contributed by atoms with Gasteiger partial charge in [0, 0.05) is 17.3 Å². The molecule has 5 heteroatoms. The van der Waals surface area contributed by atoms with E-state index < -0.39 is 0 Å². The first kappa shape index (κ1) is 21.4. The molecule has 1 aromatic carbocycles. The predicted octanol–water partition coefficient (Wildman–Crippen LogP) is 4.25. The molecule has 1 aliphatic rings. The quantitative estimate of drug-likeness (QED) is 0.508. The average Bonchev–Trinajstić information content (AvgIpc) is 2.68. The second kappa shape index (κ2) is 12.5. The number of carbonyl (C=O) groups is 2. The van der Waals surface area contributed by atoms with Gasteiger partial charge in [-0.15, -0.1) is 0 Å². The van der Waals surface area contributed by atoms with Crippen molar-refractivity contribution in [2.75, 3.05) is 18.4 Å². The molecule has 1 fully saturated rings. The van der Waals surface area contributed by atoms with Gasteiger partial charge in [-0.05, 0) is 44.0 Å². The Morgan fingerprint density at radius 3 is 2.59 bits per heavy atom. The maximum Gasteiger partial charge on any atom is 0.251 e. The Bertz CT molecular complexity index is 583. The van der Waals surface area contributed by atoms with Crippen molar-refractivity contribution < 1.29 is 9.59 Å². The van der Waals surface area contributed by atoms with Gasteiger partial charge < -0.3 is 16.0 Å². The van der Waals surface area contributed by atoms with Crippen LogP contribution < -0.4 is 16.0 Å². The predicted molar refractivity (Wildman–Crippen MR) is 111 cm³/mol. The third-order valence-electron chi connectivity index (χ3n) is 5.09. The number of nitrogens with one attached hydrogen (secondary N) is 3. The highest BCUT2D eigenvalue weighted by Gasteiger charge is 2.16. The van der Waals surface area contributed by atoms with Gasteiger partial charge >= 0.3 is 0 Å². The molecule has 150 valence electrons. The van der Waals surface area contributed by atoms with Crippen LogP contribution in [0.15, 0.2) is 24.3 Å². The first-order chi connectivity index (χ1) is 13.2. The number of hydrogen-bond acceptors (Lipinski definition) is 3. The van der Waals surface area contributed by atoms with E-state index in [0.717, 1.165) is 25.8 Å². The van der Waals surface area contributed by atoms with Crippen LogP contribution in [0.3, 0.4) is 0 Å². The largest absolute Gasteiger partial charge is 0.349 e. The summed E-state index contributed by atoms with van der Waals surface area (Å²) in [6, 6.07) is 7.46. The number of amides is 2. The van der Waals surface area contributed by atoms with Crippen LogP contribution in [0.1, 0.15) is 81.5 Å². The number of hydrogen-bond donors (Lipinski definition) is 3. The number of anilines is 1. The third kappa shape index (κ3) is 8.57. The second-order valence-electron chi connectivity index (χ2n) is 7.53. The van der Waals surface area contributed by atoms with Crippen molar-refractivity contribution in [3.05, 3.63) is 29.8 Å². The number of rotatable bonds is 11. The molecule has 3 N–H and O–H groups in total. The molecule has 1 saturated carbocycles. The molecular formula is C22H35N3O2. The summed E-state index contributed by atoms with van der Waals surface area (Å²) in [7, 11) is 0. The van der Waals surface area contributed by atoms with Crippen LogP contribution in [0.5, 0.6) is 0 Å². The minimum Gasteiger partial charge on any atom is -0.349 e. The normalized spacial score (nSPS) is 14.7. The molecule has 0 atom stereocenters. The lowest BCUT2D eigenvalue weighted by Gasteiger charge is -2.22. The topological polar surface area (TPSA) is 70.2 Å². The van der Waals surface area contributed by atoms with Gasteiger partial charge in [-0.2, -0.15) is 0 Å². The molecule has 0 radical (unpaired) electrons. The monoisotopic (exact) mass is 373 g/mol. The average molecular weight is 374 g/mol. The summed E-state index contributed by atoms with van der Waals surface area (Å²) in [6.45, 7) is 3.37. The molecule has 0 spiro atoms. The van der Waals surface area contributed by atoms with E-state index in [2.05, 4.69) is 22.9 Å². The fourth-order valence-corrected chi connectivity index (χ4v) is 3.51. The summed E-state index contributed by atoms with van der Waals surface area (Å²) in [5.74, 6) is -0.128. The summed E-state index contributed by atoms with van der Waals surface area (Å²) in [5, 5.41) is 9.17. The SMILES string of the molecule is CCCCCCCNCC(=O)Nc1cccc(C(=O)NC2CCCCC2)c1. The number of benzene rings is 1. The first-order valence-electron chi connectivity index (χ1n) is 10.6. The van der Waals surface area contributed by atoms with Crippen molar-refractivity contribution in [2.45, 2.75) is 77.2 Å². The lowest BCUT2D eigenvalue weighted by atomic mass is 9.95. The summed E-state index contributed by atoms with van der Waals surface area (Å²) < 4.78 is 0. The van der Waals surface area contributed by atoms with Gasteiger partial charge in [0.2, 0.25) is 5.91 Å². The Balaban J connectivity index is 1.70. The van der Waals surface area contributed by atoms with Crippen molar-refractivity contribution in [1.29, 1.82) is 0 Å². The van der Waals surface area contributed by atoms with Crippen molar-refractivity contribution in [1.82, 2.24) is 10.6 Å². The van der Waals surface area contributed by atoms with Gasteiger partial charge in [-0.25, -0.2) is 0 Å². The Hall–Kier alpha value is -1.88. The van der Waals surface area contributed by atoms with Gasteiger partial charge in [-0.3, -0.25) is 9.59 Å². The van der Waals surface area contributed by atoms with Crippen LogP contribution in [-0.4, -0.2) is 30.9 Å². The van der Waals surface area contributed by atoms with Crippen molar-refractivity contribution in [3.8, 4) is 0 Å². The third-order valence-corrected chi connectivity index (χ3v) is 5.09. The van der Waals surface area contributed by atoms with Gasteiger partial charge in [0.25, 0.3) is 5.91 Å². The fourth-order valence-electron chi connectivity index (χ4n) is 3.51. The Kier molecular flexibility index (Phi) is 9.91. The van der Waals surface area contributed by atoms with Crippen LogP contribution in [0.25, 0.3) is 0 Å². The van der Waals surface area contributed by atoms with E-state index >= 15 is 0 Å². The zero-order valence-corrected chi connectivity index (χ0v) is 16.7. The smallest absolute Gasteiger partial charge is 0.251 e. The molecular weight excluding hydrogens is 338 g/mol. The van der Waals surface area contributed by atoms with Crippen LogP contribution in [-0.2, 0) is 4.79 Å². The van der Waals surface area contributed by atoms with E-state index in [4.69, 9.17) is 0 Å². The standard InChI is InChI=1S/C22H35N3O2/c1-2-3-4-5-9-15-23-17-21(26)24-20-14-10-11-18(16-20)22(27)25-19-12-7-6-8-13-19/h10-11,14,16,19,23H,2-9,12-13,15,17H2,1H3,(H,24,26)(H,25,27). The lowest BCUT2D eigenvalue weighted by Crippen LogP contribution is -2.36. The van der Waals surface area contributed by atoms with E-state index in [-0.39, 0.29) is 17.9 Å². The van der Waals surface area contributed by atoms with E-state index in [9.17, 15) is 9.59 Å². The van der Waals surface area contributed by atoms with E-state index in [1.807, 2.05) is 12.1 Å². The molecule has 5 nitrogen and oxygen atoms in total. The zero-order chi connectivity index (χ0) is 19.3. The summed E-state index contributed by atoms with van der Waals surface area (Å²) in [6.07, 6.45) is 11.9. The number of carbonyl (C=O) groups excluding carboxylic acids is 2. The van der Waals surface area contributed by atoms with Gasteiger partial charge in [0.15, 0.2) is 0 Å². The molecule has 0 saturated heterocycles. The van der Waals surface area contributed by atoms with E-state index in [1.165, 1.54) is 44.9 Å². The van der Waals surface area contributed by atoms with E-state index in [1.54, 1.807) is 12.1 Å². The molecule has 1 aliphatic carbocycles. The van der Waals surface area contributed by atoms with Gasteiger partial charge in [-0.1, -0.05) is 57.9 Å². The first-order valence-corrected chi connectivity index (χ1v) is 10.6. The minimum absolute atomic E-state index is 0.0526.